The molecule has 78 valence electrons. The van der Waals surface area contributed by atoms with E-state index in [2.05, 4.69) is 20.0 Å². The molecular weight excluding hydrogens is 202 g/mol. The largest absolute Gasteiger partial charge is 0.367 e. The summed E-state index contributed by atoms with van der Waals surface area (Å²) in [5.74, 6) is 0.149. The van der Waals surface area contributed by atoms with Crippen LogP contribution >= 0.6 is 11.5 Å². The smallest absolute Gasteiger partial charge is 0.239 e. The highest BCUT2D eigenvalue weighted by Crippen LogP contribution is 2.10. The highest BCUT2D eigenvalue weighted by atomic mass is 32.1. The Hall–Kier alpha value is -1.37. The van der Waals surface area contributed by atoms with Gasteiger partial charge in [-0.15, -0.1) is 0 Å². The van der Waals surface area contributed by atoms with Gasteiger partial charge in [0, 0.05) is 17.6 Å². The number of amides is 1. The normalized spacial score (nSPS) is 10.2. The molecule has 1 aromatic rings. The Kier molecular flexibility index (Phi) is 3.63. The third kappa shape index (κ3) is 3.56. The molecule has 14 heavy (non-hydrogen) atoms. The minimum atomic E-state index is -0.0752. The number of carbonyl (C=O) groups excluding carboxylic acids is 1. The summed E-state index contributed by atoms with van der Waals surface area (Å²) in [6.45, 7) is 3.99. The Morgan fingerprint density at radius 3 is 2.86 bits per heavy atom. The zero-order valence-corrected chi connectivity index (χ0v) is 8.89. The average Bonchev–Trinajstić information content (AvgIpc) is 2.47. The lowest BCUT2D eigenvalue weighted by Crippen LogP contribution is -2.34. The number of aromatic nitrogens is 2. The van der Waals surface area contributed by atoms with Crippen LogP contribution < -0.4 is 16.4 Å². The first-order valence-electron chi connectivity index (χ1n) is 4.20. The van der Waals surface area contributed by atoms with Crippen molar-refractivity contribution in [2.75, 3.05) is 17.6 Å². The summed E-state index contributed by atoms with van der Waals surface area (Å²) in [5.41, 5.74) is 5.31. The number of hydrogen-bond donors (Lipinski definition) is 3. The van der Waals surface area contributed by atoms with E-state index in [-0.39, 0.29) is 24.4 Å². The zero-order valence-electron chi connectivity index (χ0n) is 8.07. The summed E-state index contributed by atoms with van der Waals surface area (Å²) < 4.78 is 3.77. The maximum atomic E-state index is 11.2. The molecule has 0 aliphatic heterocycles. The van der Waals surface area contributed by atoms with Gasteiger partial charge in [0.1, 0.15) is 0 Å². The zero-order chi connectivity index (χ0) is 10.6. The molecule has 0 fully saturated rings. The van der Waals surface area contributed by atoms with Gasteiger partial charge in [-0.25, -0.2) is 0 Å². The molecule has 1 heterocycles. The van der Waals surface area contributed by atoms with E-state index in [1.807, 2.05) is 13.8 Å². The molecule has 0 atom stereocenters. The number of nitrogens with one attached hydrogen (secondary N) is 2. The average molecular weight is 215 g/mol. The van der Waals surface area contributed by atoms with Crippen molar-refractivity contribution in [3.63, 3.8) is 0 Å². The predicted octanol–water partition coefficient (Wildman–Crippen LogP) is 0.0568. The molecule has 0 spiro atoms. The molecule has 1 aromatic heterocycles. The molecule has 0 radical (unpaired) electrons. The fourth-order valence-electron chi connectivity index (χ4n) is 0.836. The van der Waals surface area contributed by atoms with Crippen LogP contribution in [0.25, 0.3) is 0 Å². The van der Waals surface area contributed by atoms with Crippen LogP contribution in [-0.4, -0.2) is 27.9 Å². The fourth-order valence-corrected chi connectivity index (χ4v) is 1.33. The summed E-state index contributed by atoms with van der Waals surface area (Å²) >= 11 is 1.13. The van der Waals surface area contributed by atoms with Gasteiger partial charge in [-0.05, 0) is 13.8 Å². The number of nitrogens with zero attached hydrogens (tertiary/aromatic N) is 2. The first kappa shape index (κ1) is 10.7. The highest BCUT2D eigenvalue weighted by Gasteiger charge is 2.04. The standard InChI is InChI=1S/C7H13N5OS/c1-4(2)10-5(13)3-9-7-11-6(8)12-14-7/h4H,3H2,1-2H3,(H,10,13)(H3,8,9,11,12). The van der Waals surface area contributed by atoms with Gasteiger partial charge in [-0.3, -0.25) is 4.79 Å². The van der Waals surface area contributed by atoms with Crippen molar-refractivity contribution in [1.82, 2.24) is 14.7 Å². The Balaban J connectivity index is 2.30. The summed E-state index contributed by atoms with van der Waals surface area (Å²) in [6.07, 6.45) is 0. The second-order valence-electron chi connectivity index (χ2n) is 3.03. The van der Waals surface area contributed by atoms with Crippen LogP contribution in [0.4, 0.5) is 11.1 Å². The van der Waals surface area contributed by atoms with Crippen molar-refractivity contribution < 1.29 is 4.79 Å². The van der Waals surface area contributed by atoms with Crippen LogP contribution in [0.1, 0.15) is 13.8 Å². The van der Waals surface area contributed by atoms with E-state index in [0.29, 0.717) is 5.13 Å². The monoisotopic (exact) mass is 215 g/mol. The predicted molar refractivity (Wildman–Crippen MR) is 56.1 cm³/mol. The topological polar surface area (TPSA) is 92.9 Å². The van der Waals surface area contributed by atoms with Crippen LogP contribution in [-0.2, 0) is 4.79 Å². The van der Waals surface area contributed by atoms with E-state index >= 15 is 0 Å². The van der Waals surface area contributed by atoms with Crippen LogP contribution in [0.15, 0.2) is 0 Å². The van der Waals surface area contributed by atoms with Crippen molar-refractivity contribution in [3.8, 4) is 0 Å². The number of nitrogens with two attached hydrogens (primary N) is 1. The molecule has 0 aliphatic rings. The molecule has 4 N–H and O–H groups in total. The molecule has 0 aliphatic carbocycles. The quantitative estimate of drug-likeness (QED) is 0.660. The first-order chi connectivity index (χ1) is 6.58. The van der Waals surface area contributed by atoms with Crippen molar-refractivity contribution >= 4 is 28.5 Å². The Bertz CT molecular complexity index is 311. The number of hydrogen-bond acceptors (Lipinski definition) is 6. The second kappa shape index (κ2) is 4.75. The number of carbonyl (C=O) groups is 1. The third-order valence-electron chi connectivity index (χ3n) is 1.29. The summed E-state index contributed by atoms with van der Waals surface area (Å²) in [7, 11) is 0. The number of rotatable bonds is 4. The molecule has 0 aromatic carbocycles. The van der Waals surface area contributed by atoms with Crippen LogP contribution in [0.5, 0.6) is 0 Å². The van der Waals surface area contributed by atoms with Crippen LogP contribution in [0.3, 0.4) is 0 Å². The SMILES string of the molecule is CC(C)NC(=O)CNc1nc(N)ns1. The van der Waals surface area contributed by atoms with Crippen LogP contribution in [0.2, 0.25) is 0 Å². The minimum Gasteiger partial charge on any atom is -0.367 e. The number of nitrogen functional groups attached to an aromatic ring is 1. The van der Waals surface area contributed by atoms with Crippen molar-refractivity contribution in [2.24, 2.45) is 0 Å². The van der Waals surface area contributed by atoms with E-state index in [1.54, 1.807) is 0 Å². The van der Waals surface area contributed by atoms with Gasteiger partial charge in [0.15, 0.2) is 0 Å². The van der Waals surface area contributed by atoms with E-state index in [0.717, 1.165) is 11.5 Å². The summed E-state index contributed by atoms with van der Waals surface area (Å²) in [6, 6.07) is 0.142. The molecule has 0 bridgehead atoms. The maximum absolute atomic E-state index is 11.2. The molecule has 7 heteroatoms. The van der Waals surface area contributed by atoms with E-state index < -0.39 is 0 Å². The van der Waals surface area contributed by atoms with Gasteiger partial charge < -0.3 is 16.4 Å². The summed E-state index contributed by atoms with van der Waals surface area (Å²) in [5, 5.41) is 6.12. The molecule has 0 saturated carbocycles. The Morgan fingerprint density at radius 1 is 1.64 bits per heavy atom. The molecule has 1 rings (SSSR count). The van der Waals surface area contributed by atoms with E-state index in [9.17, 15) is 4.79 Å². The highest BCUT2D eigenvalue weighted by molar-refractivity contribution is 7.09. The van der Waals surface area contributed by atoms with Gasteiger partial charge in [0.05, 0.1) is 6.54 Å². The Morgan fingerprint density at radius 2 is 2.36 bits per heavy atom. The molecule has 6 nitrogen and oxygen atoms in total. The van der Waals surface area contributed by atoms with Gasteiger partial charge in [0.2, 0.25) is 17.0 Å². The molecular formula is C7H13N5OS. The van der Waals surface area contributed by atoms with Gasteiger partial charge in [0.25, 0.3) is 0 Å². The first-order valence-corrected chi connectivity index (χ1v) is 4.97. The lowest BCUT2D eigenvalue weighted by atomic mass is 10.4. The lowest BCUT2D eigenvalue weighted by molar-refractivity contribution is -0.119. The third-order valence-corrected chi connectivity index (χ3v) is 1.98. The molecule has 1 amide bonds. The Labute approximate surface area is 86.1 Å². The van der Waals surface area contributed by atoms with E-state index in [1.165, 1.54) is 0 Å². The second-order valence-corrected chi connectivity index (χ2v) is 3.79. The van der Waals surface area contributed by atoms with Gasteiger partial charge in [-0.2, -0.15) is 9.36 Å². The number of anilines is 2. The van der Waals surface area contributed by atoms with E-state index in [4.69, 9.17) is 5.73 Å². The lowest BCUT2D eigenvalue weighted by Gasteiger charge is -2.07. The maximum Gasteiger partial charge on any atom is 0.239 e. The molecule has 0 unspecified atom stereocenters. The van der Waals surface area contributed by atoms with Crippen molar-refractivity contribution in [3.05, 3.63) is 0 Å². The fraction of sp³-hybridized carbons (Fsp3) is 0.571. The van der Waals surface area contributed by atoms with Gasteiger partial charge in [-0.1, -0.05) is 0 Å². The van der Waals surface area contributed by atoms with Gasteiger partial charge >= 0.3 is 0 Å². The summed E-state index contributed by atoms with van der Waals surface area (Å²) in [4.78, 5) is 15.0. The molecule has 0 saturated heterocycles. The van der Waals surface area contributed by atoms with Crippen molar-refractivity contribution in [2.45, 2.75) is 19.9 Å². The van der Waals surface area contributed by atoms with Crippen molar-refractivity contribution in [1.29, 1.82) is 0 Å². The van der Waals surface area contributed by atoms with Crippen LogP contribution in [0, 0.1) is 0 Å². The minimum absolute atomic E-state index is 0.0752.